The van der Waals surface area contributed by atoms with Crippen LogP contribution in [0.25, 0.3) is 0 Å². The van der Waals surface area contributed by atoms with Crippen molar-refractivity contribution >= 4 is 25.7 Å². The number of unbranched alkanes of at least 4 members (excludes halogenated alkanes) is 15. The van der Waals surface area contributed by atoms with Crippen molar-refractivity contribution in [3.05, 3.63) is 85.1 Å². The molecule has 0 amide bonds. The molecule has 1 unspecified atom stereocenters. The lowest BCUT2D eigenvalue weighted by Crippen LogP contribution is -2.34. The number of carboxylic acid groups (broad SMARTS) is 1. The summed E-state index contributed by atoms with van der Waals surface area (Å²) in [6.07, 6.45) is 55.2. The lowest BCUT2D eigenvalue weighted by atomic mass is 10.1. The van der Waals surface area contributed by atoms with E-state index in [0.717, 1.165) is 57.8 Å². The predicted octanol–water partition coefficient (Wildman–Crippen LogP) is 13.1. The number of hydrogen-bond donors (Lipinski definition) is 3. The number of carboxylic acids is 1. The molecule has 62 heavy (non-hydrogen) atoms. The van der Waals surface area contributed by atoms with Gasteiger partial charge in [-0.05, 0) is 77.0 Å². The van der Waals surface area contributed by atoms with E-state index in [1.807, 2.05) is 18.2 Å². The molecule has 0 aromatic rings. The van der Waals surface area contributed by atoms with Crippen molar-refractivity contribution in [2.75, 3.05) is 19.8 Å². The molecule has 0 saturated heterocycles. The van der Waals surface area contributed by atoms with Gasteiger partial charge in [-0.1, -0.05) is 176 Å². The number of nitrogens with two attached hydrogens (primary N) is 1. The summed E-state index contributed by atoms with van der Waals surface area (Å²) in [5, 5.41) is 8.90. The standard InChI is InChI=1S/C50H84NO10P/c1-3-5-7-9-11-13-15-17-19-21-23-25-27-29-31-33-35-37-39-41-48(52)58-43-46(44-59-62(56,57)60-45-47(51)50(54)55)61-49(53)42-40-38-36-34-32-30-28-26-24-22-20-18-16-14-12-10-8-6-4-2/h6,8,12,14,18,20-21,23-24,26,30,32,36,38,46-47H,3-5,7,9-11,13,15-17,19,22,25,27-29,31,33-35,37,39-45,51H2,1-2H3,(H,54,55)(H,56,57)/b8-6-,14-12-,20-18-,23-21-,26-24-,32-30-,38-36-/t46-,47+/m1/s1. The number of ether oxygens (including phenoxy) is 2. The van der Waals surface area contributed by atoms with Gasteiger partial charge >= 0.3 is 25.7 Å². The van der Waals surface area contributed by atoms with E-state index in [-0.39, 0.29) is 19.4 Å². The SMILES string of the molecule is CC/C=C\C/C=C\C/C=C\C/C=C\C/C=C\C/C=C\CCC(=O)O[C@H](COC(=O)CCCCCCCCC/C=C\CCCCCCCCCC)COP(=O)(O)OC[C@H](N)C(=O)O. The van der Waals surface area contributed by atoms with Crippen molar-refractivity contribution in [1.29, 1.82) is 0 Å². The fraction of sp³-hybridized carbons (Fsp3) is 0.660. The Morgan fingerprint density at radius 3 is 1.42 bits per heavy atom. The fourth-order valence-corrected chi connectivity index (χ4v) is 6.75. The molecule has 12 heteroatoms. The van der Waals surface area contributed by atoms with E-state index in [2.05, 4.69) is 85.2 Å². The average molecular weight is 890 g/mol. The van der Waals surface area contributed by atoms with Gasteiger partial charge in [-0.15, -0.1) is 0 Å². The molecular weight excluding hydrogens is 806 g/mol. The minimum Gasteiger partial charge on any atom is -0.480 e. The van der Waals surface area contributed by atoms with E-state index >= 15 is 0 Å². The second-order valence-electron chi connectivity index (χ2n) is 15.5. The number of rotatable bonds is 43. The summed E-state index contributed by atoms with van der Waals surface area (Å²) in [7, 11) is -4.75. The highest BCUT2D eigenvalue weighted by Gasteiger charge is 2.28. The highest BCUT2D eigenvalue weighted by Crippen LogP contribution is 2.43. The summed E-state index contributed by atoms with van der Waals surface area (Å²) >= 11 is 0. The van der Waals surface area contributed by atoms with Gasteiger partial charge in [0.1, 0.15) is 12.6 Å². The van der Waals surface area contributed by atoms with Gasteiger partial charge < -0.3 is 25.2 Å². The highest BCUT2D eigenvalue weighted by atomic mass is 31.2. The summed E-state index contributed by atoms with van der Waals surface area (Å²) in [5.74, 6) is -2.50. The van der Waals surface area contributed by atoms with Crippen LogP contribution in [-0.2, 0) is 37.5 Å². The summed E-state index contributed by atoms with van der Waals surface area (Å²) in [6.45, 7) is 2.61. The number of carbonyl (C=O) groups excluding carboxylic acids is 2. The molecule has 0 aliphatic heterocycles. The molecule has 4 N–H and O–H groups in total. The first-order valence-corrected chi connectivity index (χ1v) is 25.1. The number of allylic oxidation sites excluding steroid dienone is 14. The molecular formula is C50H84NO10P. The largest absolute Gasteiger partial charge is 0.480 e. The zero-order chi connectivity index (χ0) is 45.6. The Kier molecular flexibility index (Phi) is 41.9. The molecule has 0 saturated carbocycles. The molecule has 11 nitrogen and oxygen atoms in total. The van der Waals surface area contributed by atoms with Gasteiger partial charge in [-0.2, -0.15) is 0 Å². The zero-order valence-corrected chi connectivity index (χ0v) is 39.3. The Morgan fingerprint density at radius 2 is 0.935 bits per heavy atom. The minimum atomic E-state index is -4.75. The lowest BCUT2D eigenvalue weighted by Gasteiger charge is -2.20. The topological polar surface area (TPSA) is 172 Å². The van der Waals surface area contributed by atoms with Crippen LogP contribution in [0.5, 0.6) is 0 Å². The maximum absolute atomic E-state index is 12.6. The Balaban J connectivity index is 4.44. The van der Waals surface area contributed by atoms with Gasteiger partial charge in [0.2, 0.25) is 0 Å². The second-order valence-corrected chi connectivity index (χ2v) is 17.0. The van der Waals surface area contributed by atoms with Crippen LogP contribution in [0.4, 0.5) is 0 Å². The van der Waals surface area contributed by atoms with Crippen molar-refractivity contribution < 1.29 is 47.5 Å². The van der Waals surface area contributed by atoms with Crippen molar-refractivity contribution in [2.45, 2.75) is 193 Å². The van der Waals surface area contributed by atoms with E-state index in [0.29, 0.717) is 19.3 Å². The molecule has 0 spiro atoms. The van der Waals surface area contributed by atoms with E-state index in [4.69, 9.17) is 24.8 Å². The molecule has 0 radical (unpaired) electrons. The summed E-state index contributed by atoms with van der Waals surface area (Å²) in [5.41, 5.74) is 5.34. The Morgan fingerprint density at radius 1 is 0.516 bits per heavy atom. The number of hydrogen-bond acceptors (Lipinski definition) is 9. The van der Waals surface area contributed by atoms with Crippen LogP contribution in [0, 0.1) is 0 Å². The Labute approximate surface area is 375 Å². The number of phosphoric ester groups is 1. The Bertz CT molecular complexity index is 1370. The number of phosphoric acid groups is 1. The summed E-state index contributed by atoms with van der Waals surface area (Å²) in [4.78, 5) is 46.0. The third kappa shape index (κ3) is 43.3. The van der Waals surface area contributed by atoms with Gasteiger partial charge in [0, 0.05) is 12.8 Å². The number of esters is 2. The predicted molar refractivity (Wildman–Crippen MR) is 254 cm³/mol. The first-order valence-electron chi connectivity index (χ1n) is 23.6. The molecule has 0 aliphatic rings. The molecule has 0 aliphatic carbocycles. The van der Waals surface area contributed by atoms with Crippen molar-refractivity contribution in [1.82, 2.24) is 0 Å². The molecule has 0 bridgehead atoms. The van der Waals surface area contributed by atoms with Crippen LogP contribution in [0.3, 0.4) is 0 Å². The molecule has 0 aromatic heterocycles. The van der Waals surface area contributed by atoms with Gasteiger partial charge in [0.15, 0.2) is 6.10 Å². The van der Waals surface area contributed by atoms with E-state index in [1.54, 1.807) is 0 Å². The average Bonchev–Trinajstić information content (AvgIpc) is 3.25. The lowest BCUT2D eigenvalue weighted by molar-refractivity contribution is -0.161. The van der Waals surface area contributed by atoms with Crippen LogP contribution in [0.15, 0.2) is 85.1 Å². The Hall–Kier alpha value is -3.34. The molecule has 0 rings (SSSR count). The first-order chi connectivity index (χ1) is 30.1. The molecule has 0 heterocycles. The van der Waals surface area contributed by atoms with Gasteiger partial charge in [0.25, 0.3) is 0 Å². The zero-order valence-electron chi connectivity index (χ0n) is 38.4. The van der Waals surface area contributed by atoms with Gasteiger partial charge in [-0.3, -0.25) is 23.4 Å². The van der Waals surface area contributed by atoms with E-state index < -0.39 is 51.1 Å². The van der Waals surface area contributed by atoms with Crippen LogP contribution >= 0.6 is 7.82 Å². The maximum Gasteiger partial charge on any atom is 0.472 e. The minimum absolute atomic E-state index is 0.0312. The normalized spacial score (nSPS) is 14.4. The van der Waals surface area contributed by atoms with Crippen LogP contribution < -0.4 is 5.73 Å². The van der Waals surface area contributed by atoms with Crippen LogP contribution in [-0.4, -0.2) is 59.9 Å². The van der Waals surface area contributed by atoms with Gasteiger partial charge in [0.05, 0.1) is 13.2 Å². The van der Waals surface area contributed by atoms with E-state index in [9.17, 15) is 23.8 Å². The number of aliphatic carboxylic acids is 1. The second kappa shape index (κ2) is 44.3. The molecule has 0 fully saturated rings. The summed E-state index contributed by atoms with van der Waals surface area (Å²) < 4.78 is 32.7. The third-order valence-corrected chi connectivity index (χ3v) is 10.6. The first kappa shape index (κ1) is 58.7. The van der Waals surface area contributed by atoms with Crippen molar-refractivity contribution in [3.8, 4) is 0 Å². The van der Waals surface area contributed by atoms with E-state index in [1.165, 1.54) is 77.0 Å². The molecule has 354 valence electrons. The summed E-state index contributed by atoms with van der Waals surface area (Å²) in [6, 6.07) is -1.54. The monoisotopic (exact) mass is 890 g/mol. The highest BCUT2D eigenvalue weighted by molar-refractivity contribution is 7.47. The van der Waals surface area contributed by atoms with Crippen molar-refractivity contribution in [3.63, 3.8) is 0 Å². The number of carbonyl (C=O) groups is 3. The molecule has 0 aromatic carbocycles. The fourth-order valence-electron chi connectivity index (χ4n) is 5.97. The third-order valence-electron chi connectivity index (χ3n) is 9.64. The molecule has 3 atom stereocenters. The van der Waals surface area contributed by atoms with Crippen molar-refractivity contribution in [2.24, 2.45) is 5.73 Å². The smallest absolute Gasteiger partial charge is 0.472 e. The maximum atomic E-state index is 12.6. The van der Waals surface area contributed by atoms with Gasteiger partial charge in [-0.25, -0.2) is 4.57 Å². The van der Waals surface area contributed by atoms with Crippen LogP contribution in [0.1, 0.15) is 181 Å². The van der Waals surface area contributed by atoms with Crippen LogP contribution in [0.2, 0.25) is 0 Å². The quantitative estimate of drug-likeness (QED) is 0.0230.